The predicted molar refractivity (Wildman–Crippen MR) is 51.0 cm³/mol. The van der Waals surface area contributed by atoms with Crippen LogP contribution in [0.25, 0.3) is 6.08 Å². The number of nitrogens with zero attached hydrogens (tertiary/aromatic N) is 2. The number of aromatic nitrogens is 2. The smallest absolute Gasteiger partial charge is 0.343 e. The van der Waals surface area contributed by atoms with Crippen molar-refractivity contribution in [3.05, 3.63) is 35.4 Å². The standard InChI is InChI=1S/C10H10N2O2/c1-7-3-9(10(13)14-7)4-8-5-11-12(2)6-8/h3-6H,1-2H3/b9-4+. The van der Waals surface area contributed by atoms with Gasteiger partial charge in [-0.2, -0.15) is 5.10 Å². The highest BCUT2D eigenvalue weighted by molar-refractivity contribution is 5.99. The quantitative estimate of drug-likeness (QED) is 0.494. The van der Waals surface area contributed by atoms with Crippen molar-refractivity contribution in [2.24, 2.45) is 7.05 Å². The number of allylic oxidation sites excluding steroid dienone is 1. The first-order chi connectivity index (χ1) is 6.65. The number of esters is 1. The molecule has 0 saturated heterocycles. The van der Waals surface area contributed by atoms with Crippen LogP contribution in [0.15, 0.2) is 29.8 Å². The SMILES string of the molecule is CC1=C/C(=C\c2cnn(C)c2)C(=O)O1. The molecule has 1 aliphatic rings. The summed E-state index contributed by atoms with van der Waals surface area (Å²) in [6, 6.07) is 0. The van der Waals surface area contributed by atoms with Gasteiger partial charge in [-0.1, -0.05) is 0 Å². The number of hydrogen-bond donors (Lipinski definition) is 0. The molecule has 1 aromatic heterocycles. The molecule has 0 saturated carbocycles. The summed E-state index contributed by atoms with van der Waals surface area (Å²) in [6.45, 7) is 1.75. The van der Waals surface area contributed by atoms with E-state index in [1.807, 2.05) is 13.2 Å². The van der Waals surface area contributed by atoms with Crippen molar-refractivity contribution >= 4 is 12.0 Å². The fourth-order valence-corrected chi connectivity index (χ4v) is 1.31. The van der Waals surface area contributed by atoms with Gasteiger partial charge in [0.05, 0.1) is 11.8 Å². The Morgan fingerprint density at radius 3 is 2.86 bits per heavy atom. The van der Waals surface area contributed by atoms with E-state index >= 15 is 0 Å². The van der Waals surface area contributed by atoms with Gasteiger partial charge in [-0.25, -0.2) is 4.79 Å². The highest BCUT2D eigenvalue weighted by atomic mass is 16.5. The van der Waals surface area contributed by atoms with E-state index in [4.69, 9.17) is 4.74 Å². The lowest BCUT2D eigenvalue weighted by Crippen LogP contribution is -1.95. The molecule has 4 nitrogen and oxygen atoms in total. The van der Waals surface area contributed by atoms with E-state index in [2.05, 4.69) is 5.10 Å². The van der Waals surface area contributed by atoms with Gasteiger partial charge in [-0.05, 0) is 19.1 Å². The van der Waals surface area contributed by atoms with Crippen LogP contribution in [0.5, 0.6) is 0 Å². The number of carbonyl (C=O) groups excluding carboxylic acids is 1. The third kappa shape index (κ3) is 1.59. The summed E-state index contributed by atoms with van der Waals surface area (Å²) in [5.41, 5.74) is 1.46. The molecule has 0 radical (unpaired) electrons. The molecule has 0 aromatic carbocycles. The van der Waals surface area contributed by atoms with Crippen molar-refractivity contribution in [2.75, 3.05) is 0 Å². The Labute approximate surface area is 81.5 Å². The third-order valence-corrected chi connectivity index (χ3v) is 1.90. The maximum atomic E-state index is 11.2. The molecule has 0 amide bonds. The summed E-state index contributed by atoms with van der Waals surface area (Å²) in [5.74, 6) is 0.330. The average Bonchev–Trinajstić information content (AvgIpc) is 2.61. The summed E-state index contributed by atoms with van der Waals surface area (Å²) < 4.78 is 6.56. The van der Waals surface area contributed by atoms with Gasteiger partial charge >= 0.3 is 5.97 Å². The molecule has 1 aromatic rings. The number of rotatable bonds is 1. The van der Waals surface area contributed by atoms with Crippen molar-refractivity contribution in [1.82, 2.24) is 9.78 Å². The van der Waals surface area contributed by atoms with Gasteiger partial charge in [0.2, 0.25) is 0 Å². The zero-order chi connectivity index (χ0) is 10.1. The minimum Gasteiger partial charge on any atom is -0.428 e. The number of aryl methyl sites for hydroxylation is 1. The lowest BCUT2D eigenvalue weighted by atomic mass is 10.2. The first-order valence-corrected chi connectivity index (χ1v) is 4.26. The molecule has 2 heterocycles. The van der Waals surface area contributed by atoms with E-state index in [1.165, 1.54) is 0 Å². The monoisotopic (exact) mass is 190 g/mol. The Kier molecular flexibility index (Phi) is 1.96. The zero-order valence-corrected chi connectivity index (χ0v) is 8.02. The second-order valence-corrected chi connectivity index (χ2v) is 3.19. The maximum Gasteiger partial charge on any atom is 0.343 e. The van der Waals surface area contributed by atoms with E-state index in [9.17, 15) is 4.79 Å². The normalized spacial score (nSPS) is 18.6. The highest BCUT2D eigenvalue weighted by Gasteiger charge is 2.17. The summed E-state index contributed by atoms with van der Waals surface area (Å²) in [5, 5.41) is 4.00. The summed E-state index contributed by atoms with van der Waals surface area (Å²) in [4.78, 5) is 11.2. The van der Waals surface area contributed by atoms with E-state index in [1.54, 1.807) is 30.0 Å². The number of carbonyl (C=O) groups is 1. The first-order valence-electron chi connectivity index (χ1n) is 4.26. The fourth-order valence-electron chi connectivity index (χ4n) is 1.31. The van der Waals surface area contributed by atoms with Gasteiger partial charge in [-0.15, -0.1) is 0 Å². The third-order valence-electron chi connectivity index (χ3n) is 1.90. The Morgan fingerprint density at radius 1 is 1.57 bits per heavy atom. The molecule has 0 bridgehead atoms. The summed E-state index contributed by atoms with van der Waals surface area (Å²) >= 11 is 0. The largest absolute Gasteiger partial charge is 0.428 e. The van der Waals surface area contributed by atoms with E-state index in [-0.39, 0.29) is 5.97 Å². The maximum absolute atomic E-state index is 11.2. The molecule has 72 valence electrons. The van der Waals surface area contributed by atoms with Crippen molar-refractivity contribution in [1.29, 1.82) is 0 Å². The second kappa shape index (κ2) is 3.14. The predicted octanol–water partition coefficient (Wildman–Crippen LogP) is 1.26. The first kappa shape index (κ1) is 8.74. The van der Waals surface area contributed by atoms with E-state index in [0.717, 1.165) is 5.56 Å². The zero-order valence-electron chi connectivity index (χ0n) is 8.02. The van der Waals surface area contributed by atoms with Gasteiger partial charge in [0.25, 0.3) is 0 Å². The molecule has 0 aliphatic carbocycles. The van der Waals surface area contributed by atoms with Crippen LogP contribution in [0.4, 0.5) is 0 Å². The molecule has 0 atom stereocenters. The van der Waals surface area contributed by atoms with E-state index in [0.29, 0.717) is 11.3 Å². The molecular formula is C10H10N2O2. The molecule has 0 N–H and O–H groups in total. The van der Waals surface area contributed by atoms with Gasteiger partial charge in [-0.3, -0.25) is 4.68 Å². The van der Waals surface area contributed by atoms with Gasteiger partial charge < -0.3 is 4.74 Å². The summed E-state index contributed by atoms with van der Waals surface area (Å²) in [7, 11) is 1.83. The second-order valence-electron chi connectivity index (χ2n) is 3.19. The molecule has 0 fully saturated rings. The Balaban J connectivity index is 2.31. The van der Waals surface area contributed by atoms with Crippen LogP contribution >= 0.6 is 0 Å². The number of ether oxygens (including phenoxy) is 1. The van der Waals surface area contributed by atoms with Crippen LogP contribution in [-0.4, -0.2) is 15.7 Å². The van der Waals surface area contributed by atoms with Crippen LogP contribution in [0, 0.1) is 0 Å². The molecule has 0 spiro atoms. The Morgan fingerprint density at radius 2 is 2.36 bits per heavy atom. The fraction of sp³-hybridized carbons (Fsp3) is 0.200. The van der Waals surface area contributed by atoms with Crippen molar-refractivity contribution in [3.63, 3.8) is 0 Å². The molecule has 4 heteroatoms. The lowest BCUT2D eigenvalue weighted by molar-refractivity contribution is -0.133. The van der Waals surface area contributed by atoms with Crippen molar-refractivity contribution < 1.29 is 9.53 Å². The molecule has 0 unspecified atom stereocenters. The number of cyclic esters (lactones) is 1. The molecule has 14 heavy (non-hydrogen) atoms. The van der Waals surface area contributed by atoms with Crippen molar-refractivity contribution in [2.45, 2.75) is 6.92 Å². The topological polar surface area (TPSA) is 44.1 Å². The highest BCUT2D eigenvalue weighted by Crippen LogP contribution is 2.18. The van der Waals surface area contributed by atoms with Crippen LogP contribution in [-0.2, 0) is 16.6 Å². The Bertz CT molecular complexity index is 441. The lowest BCUT2D eigenvalue weighted by Gasteiger charge is -1.91. The van der Waals surface area contributed by atoms with E-state index < -0.39 is 0 Å². The van der Waals surface area contributed by atoms with Gasteiger partial charge in [0.1, 0.15) is 5.76 Å². The molecule has 1 aliphatic heterocycles. The average molecular weight is 190 g/mol. The van der Waals surface area contributed by atoms with Gasteiger partial charge in [0, 0.05) is 18.8 Å². The summed E-state index contributed by atoms with van der Waals surface area (Å²) in [6.07, 6.45) is 7.00. The number of hydrogen-bond acceptors (Lipinski definition) is 3. The van der Waals surface area contributed by atoms with Crippen molar-refractivity contribution in [3.8, 4) is 0 Å². The molecule has 2 rings (SSSR count). The Hall–Kier alpha value is -1.84. The van der Waals surface area contributed by atoms with Gasteiger partial charge in [0.15, 0.2) is 0 Å². The molecular weight excluding hydrogens is 180 g/mol. The van der Waals surface area contributed by atoms with Crippen LogP contribution in [0.1, 0.15) is 12.5 Å². The van der Waals surface area contributed by atoms with Crippen LogP contribution in [0.3, 0.4) is 0 Å². The minimum atomic E-state index is -0.300. The van der Waals surface area contributed by atoms with Crippen LogP contribution in [0.2, 0.25) is 0 Å². The van der Waals surface area contributed by atoms with Crippen LogP contribution < -0.4 is 0 Å². The minimum absolute atomic E-state index is 0.300.